The number of amides is 1. The largest absolute Gasteiger partial charge is 0.476 e. The molecule has 0 fully saturated rings. The Bertz CT molecular complexity index is 608. The van der Waals surface area contributed by atoms with Gasteiger partial charge in [-0.1, -0.05) is 46.3 Å². The maximum atomic E-state index is 12.5. The van der Waals surface area contributed by atoms with Crippen LogP contribution in [-0.2, 0) is 4.79 Å². The van der Waals surface area contributed by atoms with Crippen LogP contribution in [0.2, 0.25) is 0 Å². The van der Waals surface area contributed by atoms with E-state index in [-0.39, 0.29) is 18.3 Å². The number of hydrogen-bond acceptors (Lipinski definition) is 3. The summed E-state index contributed by atoms with van der Waals surface area (Å²) in [5.74, 6) is 0.510. The van der Waals surface area contributed by atoms with E-state index in [4.69, 9.17) is 10.5 Å². The van der Waals surface area contributed by atoms with Crippen molar-refractivity contribution in [3.05, 3.63) is 64.6 Å². The van der Waals surface area contributed by atoms with Crippen molar-refractivity contribution in [3.8, 4) is 5.75 Å². The van der Waals surface area contributed by atoms with Gasteiger partial charge in [-0.3, -0.25) is 4.79 Å². The SMILES string of the molecule is Cl.NCCCCNC(=O)C(Oc1ccc(Br)cc1)c1ccccc1. The van der Waals surface area contributed by atoms with E-state index in [0.29, 0.717) is 18.8 Å². The van der Waals surface area contributed by atoms with Crippen molar-refractivity contribution in [3.63, 3.8) is 0 Å². The van der Waals surface area contributed by atoms with Gasteiger partial charge in [-0.15, -0.1) is 12.4 Å². The molecule has 130 valence electrons. The molecular weight excluding hydrogens is 392 g/mol. The van der Waals surface area contributed by atoms with Gasteiger partial charge < -0.3 is 15.8 Å². The van der Waals surface area contributed by atoms with Crippen LogP contribution in [0.3, 0.4) is 0 Å². The zero-order chi connectivity index (χ0) is 16.5. The van der Waals surface area contributed by atoms with Crippen molar-refractivity contribution in [1.82, 2.24) is 5.32 Å². The highest BCUT2D eigenvalue weighted by Gasteiger charge is 2.22. The van der Waals surface area contributed by atoms with E-state index in [1.54, 1.807) is 0 Å². The van der Waals surface area contributed by atoms with Gasteiger partial charge in [0.05, 0.1) is 0 Å². The zero-order valence-electron chi connectivity index (χ0n) is 13.3. The maximum absolute atomic E-state index is 12.5. The van der Waals surface area contributed by atoms with Crippen molar-refractivity contribution >= 4 is 34.2 Å². The van der Waals surface area contributed by atoms with Crippen molar-refractivity contribution in [2.24, 2.45) is 5.73 Å². The Kier molecular flexibility index (Phi) is 9.45. The highest BCUT2D eigenvalue weighted by atomic mass is 79.9. The van der Waals surface area contributed by atoms with Gasteiger partial charge in [0.15, 0.2) is 0 Å². The third kappa shape index (κ3) is 6.51. The fraction of sp³-hybridized carbons (Fsp3) is 0.278. The molecule has 0 aliphatic carbocycles. The quantitative estimate of drug-likeness (QED) is 0.646. The fourth-order valence-electron chi connectivity index (χ4n) is 2.12. The molecule has 0 spiro atoms. The number of carbonyl (C=O) groups excluding carboxylic acids is 1. The van der Waals surface area contributed by atoms with Crippen molar-refractivity contribution < 1.29 is 9.53 Å². The molecule has 3 N–H and O–H groups in total. The standard InChI is InChI=1S/C18H21BrN2O2.ClH/c19-15-8-10-16(11-9-15)23-17(14-6-2-1-3-7-14)18(22)21-13-5-4-12-20;/h1-3,6-11,17H,4-5,12-13,20H2,(H,21,22);1H. The van der Waals surface area contributed by atoms with Gasteiger partial charge in [0.2, 0.25) is 6.10 Å². The first-order valence-electron chi connectivity index (χ1n) is 7.65. The summed E-state index contributed by atoms with van der Waals surface area (Å²) in [5, 5.41) is 2.92. The van der Waals surface area contributed by atoms with Crippen LogP contribution in [0.15, 0.2) is 59.1 Å². The lowest BCUT2D eigenvalue weighted by molar-refractivity contribution is -0.128. The molecule has 2 aromatic carbocycles. The first-order chi connectivity index (χ1) is 11.2. The summed E-state index contributed by atoms with van der Waals surface area (Å²) in [7, 11) is 0. The summed E-state index contributed by atoms with van der Waals surface area (Å²) in [6, 6.07) is 16.9. The Balaban J connectivity index is 0.00000288. The van der Waals surface area contributed by atoms with E-state index in [0.717, 1.165) is 22.9 Å². The average molecular weight is 414 g/mol. The first kappa shape index (κ1) is 20.5. The molecule has 2 rings (SSSR count). The molecule has 1 amide bonds. The van der Waals surface area contributed by atoms with Gasteiger partial charge in [-0.05, 0) is 43.7 Å². The highest BCUT2D eigenvalue weighted by molar-refractivity contribution is 9.10. The number of unbranched alkanes of at least 4 members (excludes halogenated alkanes) is 1. The Morgan fingerprint density at radius 1 is 1.08 bits per heavy atom. The minimum Gasteiger partial charge on any atom is -0.476 e. The average Bonchev–Trinajstić information content (AvgIpc) is 2.59. The van der Waals surface area contributed by atoms with Crippen LogP contribution in [-0.4, -0.2) is 19.0 Å². The summed E-state index contributed by atoms with van der Waals surface area (Å²) >= 11 is 3.39. The molecule has 6 heteroatoms. The summed E-state index contributed by atoms with van der Waals surface area (Å²) in [6.45, 7) is 1.23. The number of hydrogen-bond donors (Lipinski definition) is 2. The van der Waals surface area contributed by atoms with Crippen LogP contribution in [0, 0.1) is 0 Å². The van der Waals surface area contributed by atoms with E-state index in [2.05, 4.69) is 21.2 Å². The molecule has 0 heterocycles. The second-order valence-electron chi connectivity index (χ2n) is 5.15. The zero-order valence-corrected chi connectivity index (χ0v) is 15.7. The highest BCUT2D eigenvalue weighted by Crippen LogP contribution is 2.24. The van der Waals surface area contributed by atoms with Crippen LogP contribution in [0.4, 0.5) is 0 Å². The Morgan fingerprint density at radius 3 is 2.38 bits per heavy atom. The summed E-state index contributed by atoms with van der Waals surface area (Å²) in [4.78, 5) is 12.5. The number of ether oxygens (including phenoxy) is 1. The van der Waals surface area contributed by atoms with Crippen LogP contribution < -0.4 is 15.8 Å². The van der Waals surface area contributed by atoms with Crippen LogP contribution in [0.5, 0.6) is 5.75 Å². The second kappa shape index (κ2) is 11.1. The molecule has 0 aliphatic heterocycles. The first-order valence-corrected chi connectivity index (χ1v) is 8.45. The number of carbonyl (C=O) groups is 1. The van der Waals surface area contributed by atoms with E-state index >= 15 is 0 Å². The van der Waals surface area contributed by atoms with Gasteiger partial charge >= 0.3 is 0 Å². The maximum Gasteiger partial charge on any atom is 0.265 e. The van der Waals surface area contributed by atoms with Gasteiger partial charge in [0, 0.05) is 16.6 Å². The molecule has 1 atom stereocenters. The van der Waals surface area contributed by atoms with Crippen molar-refractivity contribution in [2.45, 2.75) is 18.9 Å². The minimum atomic E-state index is -0.671. The van der Waals surface area contributed by atoms with Crippen molar-refractivity contribution in [2.75, 3.05) is 13.1 Å². The number of rotatable bonds is 8. The van der Waals surface area contributed by atoms with Crippen molar-refractivity contribution in [1.29, 1.82) is 0 Å². The molecule has 0 aromatic heterocycles. The minimum absolute atomic E-state index is 0. The molecule has 2 aromatic rings. The van der Waals surface area contributed by atoms with Gasteiger partial charge in [0.25, 0.3) is 5.91 Å². The number of halogens is 2. The van der Waals surface area contributed by atoms with Gasteiger partial charge in [-0.25, -0.2) is 0 Å². The molecule has 0 saturated carbocycles. The van der Waals surface area contributed by atoms with Crippen LogP contribution >= 0.6 is 28.3 Å². The van der Waals surface area contributed by atoms with Gasteiger partial charge in [-0.2, -0.15) is 0 Å². The lowest BCUT2D eigenvalue weighted by Gasteiger charge is -2.19. The Morgan fingerprint density at radius 2 is 1.75 bits per heavy atom. The topological polar surface area (TPSA) is 64.3 Å². The third-order valence-corrected chi connectivity index (χ3v) is 3.87. The van der Waals surface area contributed by atoms with E-state index in [9.17, 15) is 4.79 Å². The molecule has 24 heavy (non-hydrogen) atoms. The molecule has 0 bridgehead atoms. The van der Waals surface area contributed by atoms with E-state index in [1.807, 2.05) is 54.6 Å². The number of nitrogens with two attached hydrogens (primary N) is 1. The Labute approximate surface area is 157 Å². The summed E-state index contributed by atoms with van der Waals surface area (Å²) in [5.41, 5.74) is 6.30. The second-order valence-corrected chi connectivity index (χ2v) is 6.06. The summed E-state index contributed by atoms with van der Waals surface area (Å²) in [6.07, 6.45) is 1.08. The molecule has 0 aliphatic rings. The Hall–Kier alpha value is -1.56. The smallest absolute Gasteiger partial charge is 0.265 e. The predicted molar refractivity (Wildman–Crippen MR) is 102 cm³/mol. The number of nitrogens with one attached hydrogen (secondary N) is 1. The molecular formula is C18H22BrClN2O2. The molecule has 0 saturated heterocycles. The predicted octanol–water partition coefficient (Wildman–Crippen LogP) is 3.85. The molecule has 0 radical (unpaired) electrons. The molecule has 4 nitrogen and oxygen atoms in total. The van der Waals surface area contributed by atoms with Gasteiger partial charge in [0.1, 0.15) is 5.75 Å². The number of benzene rings is 2. The van der Waals surface area contributed by atoms with Crippen LogP contribution in [0.1, 0.15) is 24.5 Å². The van der Waals surface area contributed by atoms with Crippen LogP contribution in [0.25, 0.3) is 0 Å². The van der Waals surface area contributed by atoms with E-state index < -0.39 is 6.10 Å². The fourth-order valence-corrected chi connectivity index (χ4v) is 2.39. The molecule has 1 unspecified atom stereocenters. The third-order valence-electron chi connectivity index (χ3n) is 3.34. The normalized spacial score (nSPS) is 11.2. The summed E-state index contributed by atoms with van der Waals surface area (Å²) < 4.78 is 6.88. The monoisotopic (exact) mass is 412 g/mol. The lowest BCUT2D eigenvalue weighted by atomic mass is 10.1. The lowest BCUT2D eigenvalue weighted by Crippen LogP contribution is -2.33. The van der Waals surface area contributed by atoms with E-state index in [1.165, 1.54) is 0 Å².